The van der Waals surface area contributed by atoms with Gasteiger partial charge in [0.2, 0.25) is 0 Å². The third-order valence-corrected chi connectivity index (χ3v) is 3.48. The maximum absolute atomic E-state index is 10.2. The van der Waals surface area contributed by atoms with E-state index in [1.165, 1.54) is 25.3 Å². The van der Waals surface area contributed by atoms with E-state index in [0.717, 1.165) is 44.6 Å². The lowest BCUT2D eigenvalue weighted by molar-refractivity contribution is -0.131. The van der Waals surface area contributed by atoms with Crippen molar-refractivity contribution in [3.63, 3.8) is 0 Å². The van der Waals surface area contributed by atoms with Crippen LogP contribution in [0.1, 0.15) is 64.7 Å². The number of hydrogen-bond donors (Lipinski definition) is 2. The van der Waals surface area contributed by atoms with Crippen molar-refractivity contribution in [2.24, 2.45) is 0 Å². The van der Waals surface area contributed by atoms with Gasteiger partial charge in [-0.2, -0.15) is 0 Å². The highest BCUT2D eigenvalue weighted by atomic mass is 16.4. The van der Waals surface area contributed by atoms with Gasteiger partial charge >= 0.3 is 5.97 Å². The van der Waals surface area contributed by atoms with Crippen LogP contribution in [0.25, 0.3) is 0 Å². The summed E-state index contributed by atoms with van der Waals surface area (Å²) in [5.74, 6) is -0.936. The Kier molecular flexibility index (Phi) is 15.6. The largest absolute Gasteiger partial charge is 0.478 e. The average molecular weight is 320 g/mol. The molecule has 0 saturated carbocycles. The second-order valence-electron chi connectivity index (χ2n) is 5.68. The lowest BCUT2D eigenvalue weighted by Gasteiger charge is -2.08. The minimum atomic E-state index is -0.936. The predicted molar refractivity (Wildman–Crippen MR) is 97.4 cm³/mol. The van der Waals surface area contributed by atoms with E-state index in [-0.39, 0.29) is 6.10 Å². The molecule has 1 unspecified atom stereocenters. The molecule has 3 heteroatoms. The van der Waals surface area contributed by atoms with Gasteiger partial charge in [0.25, 0.3) is 0 Å². The summed E-state index contributed by atoms with van der Waals surface area (Å²) in [6, 6.07) is 0. The number of aliphatic carboxylic acids is 1. The number of aliphatic hydroxyl groups excluding tert-OH is 1. The van der Waals surface area contributed by atoms with Crippen LogP contribution >= 0.6 is 0 Å². The van der Waals surface area contributed by atoms with Gasteiger partial charge in [0, 0.05) is 6.08 Å². The molecule has 0 bridgehead atoms. The molecule has 0 radical (unpaired) electrons. The first kappa shape index (κ1) is 21.4. The highest BCUT2D eigenvalue weighted by molar-refractivity contribution is 5.80. The van der Waals surface area contributed by atoms with Crippen LogP contribution in [0.3, 0.4) is 0 Å². The zero-order valence-corrected chi connectivity index (χ0v) is 14.4. The Morgan fingerprint density at radius 2 is 1.48 bits per heavy atom. The van der Waals surface area contributed by atoms with Crippen LogP contribution < -0.4 is 0 Å². The first-order valence-corrected chi connectivity index (χ1v) is 8.74. The molecule has 0 aliphatic carbocycles. The van der Waals surface area contributed by atoms with Crippen molar-refractivity contribution in [1.29, 1.82) is 0 Å². The number of unbranched alkanes of at least 4 members (excludes halogenated alkanes) is 5. The number of hydrogen-bond acceptors (Lipinski definition) is 2. The molecule has 0 amide bonds. The Hall–Kier alpha value is -1.61. The summed E-state index contributed by atoms with van der Waals surface area (Å²) in [7, 11) is 0. The normalized spacial score (nSPS) is 13.8. The summed E-state index contributed by atoms with van der Waals surface area (Å²) in [4.78, 5) is 10.2. The van der Waals surface area contributed by atoms with Crippen molar-refractivity contribution < 1.29 is 15.0 Å². The van der Waals surface area contributed by atoms with Gasteiger partial charge < -0.3 is 10.2 Å². The van der Waals surface area contributed by atoms with Crippen molar-refractivity contribution in [1.82, 2.24) is 0 Å². The van der Waals surface area contributed by atoms with E-state index in [4.69, 9.17) is 5.11 Å². The molecule has 0 heterocycles. The standard InChI is InChI=1S/C20H32O3/c1-2-3-16-19(21)17-14-12-10-8-6-4-5-7-9-11-13-15-18-20(22)23/h4-5,7,9,11,13,15,18-19,21H,2-3,6,8,10,12,14,16-17H2,1H3,(H,22,23). The first-order chi connectivity index (χ1) is 11.2. The summed E-state index contributed by atoms with van der Waals surface area (Å²) in [6.07, 6.45) is 24.0. The van der Waals surface area contributed by atoms with Crippen LogP contribution in [-0.4, -0.2) is 22.3 Å². The van der Waals surface area contributed by atoms with Crippen LogP contribution in [0, 0.1) is 0 Å². The molecule has 0 aromatic rings. The Balaban J connectivity index is 3.45. The quantitative estimate of drug-likeness (QED) is 0.263. The Labute approximate surface area is 141 Å². The summed E-state index contributed by atoms with van der Waals surface area (Å²) in [5.41, 5.74) is 0. The van der Waals surface area contributed by atoms with Crippen LogP contribution in [-0.2, 0) is 4.79 Å². The fraction of sp³-hybridized carbons (Fsp3) is 0.550. The molecular weight excluding hydrogens is 288 g/mol. The van der Waals surface area contributed by atoms with Crippen LogP contribution in [0.4, 0.5) is 0 Å². The number of carboxylic acid groups (broad SMARTS) is 1. The van der Waals surface area contributed by atoms with Gasteiger partial charge in [-0.15, -0.1) is 0 Å². The van der Waals surface area contributed by atoms with Crippen LogP contribution in [0.15, 0.2) is 48.6 Å². The molecule has 2 N–H and O–H groups in total. The molecule has 0 aliphatic rings. The van der Waals surface area contributed by atoms with Crippen LogP contribution in [0.2, 0.25) is 0 Å². The smallest absolute Gasteiger partial charge is 0.328 e. The second kappa shape index (κ2) is 16.8. The first-order valence-electron chi connectivity index (χ1n) is 8.74. The fourth-order valence-corrected chi connectivity index (χ4v) is 2.15. The van der Waals surface area contributed by atoms with Gasteiger partial charge in [-0.05, 0) is 25.7 Å². The van der Waals surface area contributed by atoms with Gasteiger partial charge in [-0.3, -0.25) is 0 Å². The van der Waals surface area contributed by atoms with Crippen molar-refractivity contribution in [3.05, 3.63) is 48.6 Å². The predicted octanol–water partition coefficient (Wildman–Crippen LogP) is 5.19. The van der Waals surface area contributed by atoms with E-state index in [1.807, 2.05) is 18.2 Å². The number of carboxylic acids is 1. The summed E-state index contributed by atoms with van der Waals surface area (Å²) < 4.78 is 0. The van der Waals surface area contributed by atoms with E-state index in [9.17, 15) is 9.90 Å². The lowest BCUT2D eigenvalue weighted by Crippen LogP contribution is -2.05. The number of carbonyl (C=O) groups is 1. The monoisotopic (exact) mass is 320 g/mol. The Bertz CT molecular complexity index is 392. The Morgan fingerprint density at radius 1 is 0.870 bits per heavy atom. The molecule has 0 aromatic heterocycles. The molecule has 0 fully saturated rings. The van der Waals surface area contributed by atoms with Gasteiger partial charge in [0.05, 0.1) is 6.10 Å². The minimum Gasteiger partial charge on any atom is -0.478 e. The third kappa shape index (κ3) is 18.3. The van der Waals surface area contributed by atoms with Crippen molar-refractivity contribution >= 4 is 5.97 Å². The summed E-state index contributed by atoms with van der Waals surface area (Å²) in [6.45, 7) is 2.15. The molecule has 0 spiro atoms. The average Bonchev–Trinajstić information content (AvgIpc) is 2.52. The molecule has 0 rings (SSSR count). The summed E-state index contributed by atoms with van der Waals surface area (Å²) in [5, 5.41) is 18.1. The van der Waals surface area contributed by atoms with Gasteiger partial charge in [-0.25, -0.2) is 4.79 Å². The molecule has 0 saturated heterocycles. The molecule has 0 aromatic carbocycles. The van der Waals surface area contributed by atoms with Crippen LogP contribution in [0.5, 0.6) is 0 Å². The van der Waals surface area contributed by atoms with E-state index in [2.05, 4.69) is 13.0 Å². The van der Waals surface area contributed by atoms with E-state index in [0.29, 0.717) is 0 Å². The Morgan fingerprint density at radius 3 is 2.17 bits per heavy atom. The van der Waals surface area contributed by atoms with E-state index in [1.54, 1.807) is 12.2 Å². The molecule has 23 heavy (non-hydrogen) atoms. The summed E-state index contributed by atoms with van der Waals surface area (Å²) >= 11 is 0. The molecule has 3 nitrogen and oxygen atoms in total. The number of aliphatic hydroxyl groups is 1. The zero-order chi connectivity index (χ0) is 17.2. The lowest BCUT2D eigenvalue weighted by atomic mass is 10.0. The van der Waals surface area contributed by atoms with E-state index >= 15 is 0 Å². The van der Waals surface area contributed by atoms with Gasteiger partial charge in [0.1, 0.15) is 0 Å². The maximum atomic E-state index is 10.2. The van der Waals surface area contributed by atoms with Crippen molar-refractivity contribution in [2.45, 2.75) is 70.8 Å². The SMILES string of the molecule is CCCCC(O)CCCCCCC=CC=CC=CC=CC(=O)O. The minimum absolute atomic E-state index is 0.0987. The highest BCUT2D eigenvalue weighted by Gasteiger charge is 2.02. The fourth-order valence-electron chi connectivity index (χ4n) is 2.15. The van der Waals surface area contributed by atoms with Gasteiger partial charge in [-0.1, -0.05) is 81.6 Å². The number of allylic oxidation sites excluding steroid dienone is 7. The molecule has 1 atom stereocenters. The van der Waals surface area contributed by atoms with E-state index < -0.39 is 5.97 Å². The van der Waals surface area contributed by atoms with Gasteiger partial charge in [0.15, 0.2) is 0 Å². The maximum Gasteiger partial charge on any atom is 0.328 e. The molecule has 130 valence electrons. The van der Waals surface area contributed by atoms with Crippen molar-refractivity contribution in [3.8, 4) is 0 Å². The molecule has 0 aliphatic heterocycles. The highest BCUT2D eigenvalue weighted by Crippen LogP contribution is 2.11. The van der Waals surface area contributed by atoms with Crippen molar-refractivity contribution in [2.75, 3.05) is 0 Å². The molecular formula is C20H32O3. The number of rotatable bonds is 14. The third-order valence-electron chi connectivity index (χ3n) is 3.48. The second-order valence-corrected chi connectivity index (χ2v) is 5.68. The topological polar surface area (TPSA) is 57.5 Å². The zero-order valence-electron chi connectivity index (χ0n) is 14.4.